The van der Waals surface area contributed by atoms with Crippen molar-refractivity contribution >= 4 is 29.5 Å². The Bertz CT molecular complexity index is 1180. The summed E-state index contributed by atoms with van der Waals surface area (Å²) in [7, 11) is 0. The number of aliphatic hydroxyl groups is 1. The number of carbonyl (C=O) groups is 3. The molecule has 2 fully saturated rings. The summed E-state index contributed by atoms with van der Waals surface area (Å²) in [5, 5.41) is 12.2. The fourth-order valence-corrected chi connectivity index (χ4v) is 5.94. The lowest BCUT2D eigenvalue weighted by molar-refractivity contribution is -0.156. The lowest BCUT2D eigenvalue weighted by atomic mass is 10.0. The lowest BCUT2D eigenvalue weighted by Crippen LogP contribution is -2.73. The maximum Gasteiger partial charge on any atom is 0.322 e. The third kappa shape index (κ3) is 5.01. The number of thioether (sulfide) groups is 1. The number of nitrogens with zero attached hydrogens (tertiary/aromatic N) is 1. The zero-order valence-electron chi connectivity index (χ0n) is 19.4. The van der Waals surface area contributed by atoms with Crippen molar-refractivity contribution in [3.8, 4) is 0 Å². The van der Waals surface area contributed by atoms with Gasteiger partial charge in [-0.25, -0.2) is 0 Å². The highest BCUT2D eigenvalue weighted by molar-refractivity contribution is 8.01. The molecule has 3 aromatic rings. The van der Waals surface area contributed by atoms with Crippen molar-refractivity contribution in [1.82, 2.24) is 10.2 Å². The van der Waals surface area contributed by atoms with Crippen LogP contribution in [-0.2, 0) is 25.5 Å². The Labute approximate surface area is 213 Å². The van der Waals surface area contributed by atoms with Crippen LogP contribution in [0.25, 0.3) is 0 Å². The third-order valence-corrected chi connectivity index (χ3v) is 7.96. The lowest BCUT2D eigenvalue weighted by Gasteiger charge is -2.52. The van der Waals surface area contributed by atoms with E-state index in [2.05, 4.69) is 5.32 Å². The molecule has 8 heteroatoms. The predicted molar refractivity (Wildman–Crippen MR) is 136 cm³/mol. The number of aliphatic hydroxyl groups excluding tert-OH is 1. The minimum atomic E-state index is -1.07. The van der Waals surface area contributed by atoms with Gasteiger partial charge in [-0.1, -0.05) is 91.0 Å². The maximum atomic E-state index is 13.3. The van der Waals surface area contributed by atoms with Gasteiger partial charge in [-0.3, -0.25) is 14.4 Å². The number of benzene rings is 3. The Kier molecular flexibility index (Phi) is 7.06. The van der Waals surface area contributed by atoms with Gasteiger partial charge in [0.15, 0.2) is 6.10 Å². The Morgan fingerprint density at radius 2 is 1.50 bits per heavy atom. The van der Waals surface area contributed by atoms with Crippen LogP contribution in [0.2, 0.25) is 0 Å². The van der Waals surface area contributed by atoms with Gasteiger partial charge in [0, 0.05) is 6.54 Å². The molecule has 0 aromatic heterocycles. The number of carbonyl (C=O) groups excluding carboxylic acids is 3. The van der Waals surface area contributed by atoms with E-state index in [-0.39, 0.29) is 24.8 Å². The quantitative estimate of drug-likeness (QED) is 0.381. The highest BCUT2D eigenvalue weighted by Crippen LogP contribution is 2.40. The van der Waals surface area contributed by atoms with Crippen LogP contribution in [0.3, 0.4) is 0 Å². The largest absolute Gasteiger partial charge is 0.452 e. The molecule has 0 unspecified atom stereocenters. The molecule has 2 amide bonds. The second kappa shape index (κ2) is 10.6. The van der Waals surface area contributed by atoms with Crippen LogP contribution in [-0.4, -0.2) is 57.1 Å². The summed E-state index contributed by atoms with van der Waals surface area (Å²) in [6.07, 6.45) is -1.54. The van der Waals surface area contributed by atoms with E-state index in [1.54, 1.807) is 0 Å². The van der Waals surface area contributed by atoms with E-state index in [9.17, 15) is 19.5 Å². The molecule has 3 aromatic carbocycles. The molecule has 0 bridgehead atoms. The van der Waals surface area contributed by atoms with Crippen molar-refractivity contribution in [3.05, 3.63) is 108 Å². The molecule has 0 spiro atoms. The fraction of sp³-hybridized carbons (Fsp3) is 0.250. The van der Waals surface area contributed by atoms with Gasteiger partial charge in [0.2, 0.25) is 11.8 Å². The molecule has 7 nitrogen and oxygen atoms in total. The van der Waals surface area contributed by atoms with Crippen molar-refractivity contribution in [2.45, 2.75) is 35.3 Å². The summed E-state index contributed by atoms with van der Waals surface area (Å²) >= 11 is 1.16. The van der Waals surface area contributed by atoms with Gasteiger partial charge in [0.1, 0.15) is 16.7 Å². The van der Waals surface area contributed by atoms with Crippen LogP contribution in [0.5, 0.6) is 0 Å². The highest BCUT2D eigenvalue weighted by atomic mass is 32.2. The number of rotatable bonds is 7. The van der Waals surface area contributed by atoms with Gasteiger partial charge in [-0.05, 0) is 16.7 Å². The first-order valence-electron chi connectivity index (χ1n) is 11.8. The van der Waals surface area contributed by atoms with Gasteiger partial charge in [0.05, 0.1) is 12.5 Å². The first-order valence-corrected chi connectivity index (χ1v) is 12.7. The number of amides is 2. The van der Waals surface area contributed by atoms with E-state index in [0.29, 0.717) is 0 Å². The first-order chi connectivity index (χ1) is 17.5. The Morgan fingerprint density at radius 3 is 2.08 bits per heavy atom. The van der Waals surface area contributed by atoms with E-state index in [1.807, 2.05) is 91.0 Å². The second-order valence-corrected chi connectivity index (χ2v) is 10.1. The molecule has 2 saturated heterocycles. The van der Waals surface area contributed by atoms with Crippen molar-refractivity contribution in [1.29, 1.82) is 0 Å². The minimum Gasteiger partial charge on any atom is -0.452 e. The van der Waals surface area contributed by atoms with Gasteiger partial charge >= 0.3 is 5.97 Å². The molecule has 2 N–H and O–H groups in total. The van der Waals surface area contributed by atoms with Gasteiger partial charge in [-0.15, -0.1) is 11.8 Å². The minimum absolute atomic E-state index is 0.0165. The topological polar surface area (TPSA) is 95.9 Å². The Morgan fingerprint density at radius 1 is 0.944 bits per heavy atom. The summed E-state index contributed by atoms with van der Waals surface area (Å²) in [5.74, 6) is -1.08. The second-order valence-electron chi connectivity index (χ2n) is 8.85. The molecule has 184 valence electrons. The monoisotopic (exact) mass is 502 g/mol. The van der Waals surface area contributed by atoms with Crippen LogP contribution in [0.1, 0.15) is 22.8 Å². The number of hydrogen-bond donors (Lipinski definition) is 2. The number of ether oxygens (including phenoxy) is 1. The Hall–Kier alpha value is -3.62. The smallest absolute Gasteiger partial charge is 0.322 e. The molecule has 5 rings (SSSR count). The predicted octanol–water partition coefficient (Wildman–Crippen LogP) is 2.69. The fourth-order valence-electron chi connectivity index (χ4n) is 4.53. The number of esters is 1. The van der Waals surface area contributed by atoms with E-state index in [4.69, 9.17) is 4.74 Å². The van der Waals surface area contributed by atoms with Crippen molar-refractivity contribution in [3.63, 3.8) is 0 Å². The number of nitrogens with one attached hydrogen (secondary N) is 1. The molecule has 36 heavy (non-hydrogen) atoms. The number of fused-ring (bicyclic) bond motifs is 1. The van der Waals surface area contributed by atoms with Crippen molar-refractivity contribution < 1.29 is 24.2 Å². The molecule has 2 heterocycles. The van der Waals surface area contributed by atoms with E-state index >= 15 is 0 Å². The van der Waals surface area contributed by atoms with Crippen LogP contribution in [0.15, 0.2) is 91.0 Å². The molecular weight excluding hydrogens is 476 g/mol. The zero-order valence-corrected chi connectivity index (χ0v) is 20.2. The molecule has 2 aliphatic heterocycles. The zero-order chi connectivity index (χ0) is 25.1. The molecule has 0 radical (unpaired) electrons. The van der Waals surface area contributed by atoms with Crippen LogP contribution in [0.4, 0.5) is 0 Å². The molecule has 0 aliphatic carbocycles. The SMILES string of the molecule is O=C(Cc1ccccc1)N[C@@H]1C(=O)N2C[C@@H](O)[C@H](C(=O)OC(c3ccccc3)c3ccccc3)S[C@@H]12. The van der Waals surface area contributed by atoms with Gasteiger partial charge in [-0.2, -0.15) is 0 Å². The summed E-state index contributed by atoms with van der Waals surface area (Å²) in [6.45, 7) is 0.0165. The number of β-lactam (4-membered cyclic amide) rings is 1. The van der Waals surface area contributed by atoms with Crippen LogP contribution >= 0.6 is 11.8 Å². The van der Waals surface area contributed by atoms with Gasteiger partial charge < -0.3 is 20.1 Å². The maximum absolute atomic E-state index is 13.3. The van der Waals surface area contributed by atoms with Crippen molar-refractivity contribution in [2.75, 3.05) is 6.54 Å². The standard InChI is InChI=1S/C28H26N2O5S/c31-21-17-30-26(33)23(29-22(32)16-18-10-4-1-5-11-18)27(30)36-25(21)28(34)35-24(19-12-6-2-7-13-19)20-14-8-3-9-15-20/h1-15,21,23-25,27,31H,16-17H2,(H,29,32)/t21-,23-,25-,27+/m1/s1. The summed E-state index contributed by atoms with van der Waals surface area (Å²) in [4.78, 5) is 40.0. The normalized spacial score (nSPS) is 22.9. The van der Waals surface area contributed by atoms with Gasteiger partial charge in [0.25, 0.3) is 0 Å². The number of hydrogen-bond acceptors (Lipinski definition) is 6. The molecular formula is C28H26N2O5S. The van der Waals surface area contributed by atoms with E-state index < -0.39 is 34.8 Å². The Balaban J connectivity index is 1.27. The van der Waals surface area contributed by atoms with Crippen LogP contribution in [0, 0.1) is 0 Å². The van der Waals surface area contributed by atoms with Crippen molar-refractivity contribution in [2.24, 2.45) is 0 Å². The summed E-state index contributed by atoms with van der Waals surface area (Å²) < 4.78 is 5.95. The van der Waals surface area contributed by atoms with E-state index in [0.717, 1.165) is 28.5 Å². The average Bonchev–Trinajstić information content (AvgIpc) is 2.91. The van der Waals surface area contributed by atoms with Crippen LogP contribution < -0.4 is 5.32 Å². The molecule has 0 saturated carbocycles. The third-order valence-electron chi connectivity index (χ3n) is 6.36. The average molecular weight is 503 g/mol. The summed E-state index contributed by atoms with van der Waals surface area (Å²) in [5.41, 5.74) is 2.48. The summed E-state index contributed by atoms with van der Waals surface area (Å²) in [6, 6.07) is 27.4. The molecule has 4 atom stereocenters. The molecule has 2 aliphatic rings. The van der Waals surface area contributed by atoms with E-state index in [1.165, 1.54) is 4.90 Å². The highest BCUT2D eigenvalue weighted by Gasteiger charge is 2.55. The first kappa shape index (κ1) is 24.1.